The van der Waals surface area contributed by atoms with Gasteiger partial charge in [0.2, 0.25) is 12.7 Å². The molecule has 0 saturated heterocycles. The van der Waals surface area contributed by atoms with Crippen molar-refractivity contribution in [2.45, 2.75) is 89.8 Å². The Balaban J connectivity index is 0.000000130. The number of amides is 2. The Labute approximate surface area is 654 Å². The average Bonchev–Trinajstić information content (AvgIpc) is 1.55. The number of nitrogens with one attached hydrogen (secondary N) is 1. The minimum absolute atomic E-state index is 0. The van der Waals surface area contributed by atoms with Crippen LogP contribution in [0.1, 0.15) is 98.2 Å². The highest BCUT2D eigenvalue weighted by Gasteiger charge is 2.34. The summed E-state index contributed by atoms with van der Waals surface area (Å²) in [5.41, 5.74) is 24.9. The fourth-order valence-corrected chi connectivity index (χ4v) is 16.4. The lowest BCUT2D eigenvalue weighted by atomic mass is 9.90. The molecule has 0 fully saturated rings. The van der Waals surface area contributed by atoms with E-state index in [-0.39, 0.29) is 55.5 Å². The zero-order chi connectivity index (χ0) is 74.8. The second kappa shape index (κ2) is 32.1. The first kappa shape index (κ1) is 73.6. The van der Waals surface area contributed by atoms with Gasteiger partial charge in [-0.15, -0.1) is 0 Å². The highest BCUT2D eigenvalue weighted by Crippen LogP contribution is 2.44. The second-order valence-electron chi connectivity index (χ2n) is 28.0. The molecule has 548 valence electrons. The number of benzene rings is 12. The van der Waals surface area contributed by atoms with Crippen molar-refractivity contribution in [2.24, 2.45) is 15.0 Å². The zero-order valence-electron chi connectivity index (χ0n) is 59.6. The molecule has 110 heavy (non-hydrogen) atoms. The number of hydrogen-bond donors (Lipinski definition) is 4. The molecule has 4 heterocycles. The highest BCUT2D eigenvalue weighted by molar-refractivity contribution is 6.33. The Morgan fingerprint density at radius 1 is 0.418 bits per heavy atom. The molecule has 0 bridgehead atoms. The van der Waals surface area contributed by atoms with Crippen LogP contribution in [0.15, 0.2) is 270 Å². The van der Waals surface area contributed by atoms with Crippen molar-refractivity contribution in [1.29, 1.82) is 0 Å². The lowest BCUT2D eigenvalue weighted by molar-refractivity contribution is -0.120. The molecule has 2 amide bonds. The normalized spacial score (nSPS) is 16.4. The van der Waals surface area contributed by atoms with Gasteiger partial charge in [0.15, 0.2) is 17.3 Å². The van der Waals surface area contributed by atoms with Crippen molar-refractivity contribution in [1.82, 2.24) is 0 Å². The minimum Gasteiger partial charge on any atom is -0.508 e. The molecule has 6 aliphatic rings. The van der Waals surface area contributed by atoms with Crippen LogP contribution in [0.2, 0.25) is 15.1 Å². The minimum atomic E-state index is -0.627. The number of hydrogen-bond acceptors (Lipinski definition) is 11. The molecule has 18 rings (SSSR count). The number of aryl methyl sites for hydroxylation is 2. The van der Waals surface area contributed by atoms with Crippen molar-refractivity contribution >= 4 is 80.9 Å². The number of fused-ring (bicyclic) bond motifs is 6. The Kier molecular flexibility index (Phi) is 21.5. The summed E-state index contributed by atoms with van der Waals surface area (Å²) >= 11 is 19.1. The van der Waals surface area contributed by atoms with Crippen LogP contribution in [0.4, 0.5) is 11.4 Å². The van der Waals surface area contributed by atoms with Gasteiger partial charge in [0.1, 0.15) is 35.4 Å². The van der Waals surface area contributed by atoms with E-state index in [1.165, 1.54) is 51.8 Å². The van der Waals surface area contributed by atoms with E-state index in [0.717, 1.165) is 104 Å². The topological polar surface area (TPSA) is 183 Å². The molecule has 16 heteroatoms. The summed E-state index contributed by atoms with van der Waals surface area (Å²) in [7, 11) is 1.80. The van der Waals surface area contributed by atoms with Gasteiger partial charge in [0.05, 0.1) is 28.5 Å². The molecular weight excluding hydrogens is 1430 g/mol. The molecule has 12 aromatic carbocycles. The van der Waals surface area contributed by atoms with Crippen LogP contribution in [0.3, 0.4) is 0 Å². The van der Waals surface area contributed by atoms with Crippen molar-refractivity contribution in [2.75, 3.05) is 24.1 Å². The number of aromatic hydroxyl groups is 3. The number of rotatable bonds is 12. The maximum Gasteiger partial charge on any atom is 0.251 e. The van der Waals surface area contributed by atoms with E-state index >= 15 is 0 Å². The van der Waals surface area contributed by atoms with Crippen molar-refractivity contribution in [3.8, 4) is 62.1 Å². The second-order valence-corrected chi connectivity index (χ2v) is 29.3. The summed E-state index contributed by atoms with van der Waals surface area (Å²) in [4.78, 5) is 57.5. The van der Waals surface area contributed by atoms with Crippen molar-refractivity contribution in [3.63, 3.8) is 0 Å². The van der Waals surface area contributed by atoms with Gasteiger partial charge < -0.3 is 35.0 Å². The number of anilines is 2. The van der Waals surface area contributed by atoms with Gasteiger partial charge in [-0.05, 0) is 238 Å². The SMILES string of the molecule is C.CN1C(=O)C(Cc2ccccc2-c2cccc3c2CCC3)N=C(c2ccc(O)cc2)c2cc(Cl)ccc21.O=C1Cc2ccc(Cl)cc2C(c2ccc(O)cc2)=NC1Cc1ccccc1-c1cccc2c1OCO2.O=C1Nc2ccc(Cl)cc2C(c2ccc(O)cc2)=NC1Cc1ccccc1-c1cccc2c1CCC2. The lowest BCUT2D eigenvalue weighted by Gasteiger charge is -2.21. The number of benzodiazepines with no additional fused rings is 2. The van der Waals surface area contributed by atoms with Gasteiger partial charge in [-0.25, -0.2) is 0 Å². The van der Waals surface area contributed by atoms with Crippen LogP contribution in [0, 0.1) is 0 Å². The summed E-state index contributed by atoms with van der Waals surface area (Å²) in [6, 6.07) is 79.0. The van der Waals surface area contributed by atoms with E-state index in [0.29, 0.717) is 68.7 Å². The predicted molar refractivity (Wildman–Crippen MR) is 441 cm³/mol. The third kappa shape index (κ3) is 15.3. The Bertz CT molecular complexity index is 5430. The summed E-state index contributed by atoms with van der Waals surface area (Å²) < 4.78 is 11.3. The number of likely N-dealkylation sites (N-methyl/N-ethyl adjacent to an activating group) is 1. The highest BCUT2D eigenvalue weighted by atomic mass is 35.5. The molecule has 4 aliphatic heterocycles. The summed E-state index contributed by atoms with van der Waals surface area (Å²) in [5, 5.41) is 34.3. The molecule has 12 aromatic rings. The Hall–Kier alpha value is -11.9. The van der Waals surface area contributed by atoms with Crippen LogP contribution in [-0.4, -0.2) is 82.0 Å². The maximum absolute atomic E-state index is 13.8. The Morgan fingerprint density at radius 2 is 0.855 bits per heavy atom. The van der Waals surface area contributed by atoms with Gasteiger partial charge in [0, 0.05) is 86.7 Å². The molecule has 0 spiro atoms. The van der Waals surface area contributed by atoms with E-state index < -0.39 is 18.1 Å². The monoisotopic (exact) mass is 1510 g/mol. The van der Waals surface area contributed by atoms with Crippen molar-refractivity contribution in [3.05, 3.63) is 348 Å². The smallest absolute Gasteiger partial charge is 0.251 e. The number of nitrogens with zero attached hydrogens (tertiary/aromatic N) is 4. The maximum atomic E-state index is 13.8. The van der Waals surface area contributed by atoms with E-state index in [9.17, 15) is 29.7 Å². The number of aliphatic imine (C=N–C) groups is 3. The summed E-state index contributed by atoms with van der Waals surface area (Å²) in [6.07, 6.45) is 8.43. The summed E-state index contributed by atoms with van der Waals surface area (Å²) in [6.45, 7) is 0.191. The molecule has 3 unspecified atom stereocenters. The van der Waals surface area contributed by atoms with Gasteiger partial charge in [-0.2, -0.15) is 0 Å². The third-order valence-corrected chi connectivity index (χ3v) is 21.9. The number of halogens is 3. The number of Topliss-reactive ketones (excluding diaryl/α,β-unsaturated/α-hetero) is 1. The van der Waals surface area contributed by atoms with E-state index in [1.54, 1.807) is 66.5 Å². The number of ether oxygens (including phenoxy) is 2. The van der Waals surface area contributed by atoms with E-state index in [4.69, 9.17) is 59.3 Å². The first-order valence-corrected chi connectivity index (χ1v) is 37.7. The van der Waals surface area contributed by atoms with Crippen LogP contribution in [0.25, 0.3) is 33.4 Å². The lowest BCUT2D eigenvalue weighted by Crippen LogP contribution is -2.36. The largest absolute Gasteiger partial charge is 0.508 e. The van der Waals surface area contributed by atoms with Gasteiger partial charge in [0.25, 0.3) is 5.91 Å². The number of para-hydroxylation sites is 1. The summed E-state index contributed by atoms with van der Waals surface area (Å²) in [5.74, 6) is 1.78. The van der Waals surface area contributed by atoms with Crippen molar-refractivity contribution < 1.29 is 39.2 Å². The fourth-order valence-electron chi connectivity index (χ4n) is 15.8. The third-order valence-electron chi connectivity index (χ3n) is 21.2. The first-order chi connectivity index (χ1) is 53.1. The molecule has 0 aromatic heterocycles. The van der Waals surface area contributed by atoms with Gasteiger partial charge in [-0.1, -0.05) is 170 Å². The number of phenolic OH excluding ortho intramolecular Hbond substituents is 3. The molecule has 4 N–H and O–H groups in total. The molecule has 13 nitrogen and oxygen atoms in total. The van der Waals surface area contributed by atoms with Crippen LogP contribution in [-0.2, 0) is 65.8 Å². The number of phenols is 3. The van der Waals surface area contributed by atoms with E-state index in [2.05, 4.69) is 78.1 Å². The number of carbonyl (C=O) groups excluding carboxylic acids is 3. The number of ketones is 1. The van der Waals surface area contributed by atoms with Gasteiger partial charge >= 0.3 is 0 Å². The Morgan fingerprint density at radius 3 is 1.43 bits per heavy atom. The van der Waals surface area contributed by atoms with Crippen LogP contribution < -0.4 is 19.7 Å². The predicted octanol–water partition coefficient (Wildman–Crippen LogP) is 19.9. The molecular formula is C94H78Cl3N5O8. The molecule has 3 atom stereocenters. The fraction of sp³-hybridized carbons (Fsp3) is 0.170. The zero-order valence-corrected chi connectivity index (χ0v) is 61.8. The standard InChI is InChI=1S/C32H27ClN2O2.C31H25ClN2O2.C30H22ClNO4.CH4/c1-35-30-17-14-23(33)19-28(30)31(21-12-15-24(36)16-13-21)34-29(32(35)37)18-22-6-2-3-9-26(22)27-11-5-8-20-7-4-10-25(20)27;32-22-13-16-28-27(18-22)30(20-11-14-23(35)15-12-20)33-29(31(36)34-28)17-21-5-1-2-8-25(21)26-10-4-7-19-6-3-9-24(19)26;31-21-11-8-20-15-27(34)26(32-29(25(20)16-21)18-9-12-22(33)13-10-18)14-19-4-1-2-5-23(19)24-6-3-7-28-30(24)36-17-35-28;/h2-3,5-6,8-9,11-17,19,29,36H,4,7,10,18H2,1H3;1-2,4-5,7-8,10-16,18,29,35H,3,6,9,17H2,(H,34,36);1-13,16,26,33H,14-15,17H2;1H4. The van der Waals surface area contributed by atoms with Crippen LogP contribution in [0.5, 0.6) is 28.7 Å². The van der Waals surface area contributed by atoms with Crippen LogP contribution >= 0.6 is 34.8 Å². The molecule has 2 aliphatic carbocycles. The van der Waals surface area contributed by atoms with Gasteiger partial charge in [-0.3, -0.25) is 29.4 Å². The van der Waals surface area contributed by atoms with E-state index in [1.807, 2.05) is 127 Å². The molecule has 0 saturated carbocycles. The first-order valence-electron chi connectivity index (χ1n) is 36.6. The quantitative estimate of drug-likeness (QED) is 0.0932. The number of carbonyl (C=O) groups is 3. The average molecular weight is 1510 g/mol. The molecule has 0 radical (unpaired) electrons.